The molecule has 3 aromatic rings. The molecule has 0 saturated heterocycles. The van der Waals surface area contributed by atoms with Gasteiger partial charge in [-0.1, -0.05) is 24.3 Å². The van der Waals surface area contributed by atoms with Crippen LogP contribution in [-0.4, -0.2) is 37.9 Å². The van der Waals surface area contributed by atoms with Gasteiger partial charge in [-0.3, -0.25) is 14.4 Å². The van der Waals surface area contributed by atoms with Gasteiger partial charge in [0.05, 0.1) is 13.3 Å². The second-order valence-electron chi connectivity index (χ2n) is 7.69. The van der Waals surface area contributed by atoms with Crippen molar-refractivity contribution in [3.8, 4) is 23.0 Å². The number of benzene rings is 3. The Morgan fingerprint density at radius 3 is 2.43 bits per heavy atom. The molecule has 0 bridgehead atoms. The fraction of sp³-hybridized carbons (Fsp3) is 0.111. The van der Waals surface area contributed by atoms with Crippen molar-refractivity contribution in [2.45, 2.75) is 6.92 Å². The van der Waals surface area contributed by atoms with Gasteiger partial charge in [0.1, 0.15) is 5.70 Å². The predicted molar refractivity (Wildman–Crippen MR) is 134 cm³/mol. The summed E-state index contributed by atoms with van der Waals surface area (Å²) in [5.74, 6) is 0.117. The summed E-state index contributed by atoms with van der Waals surface area (Å²) in [6, 6.07) is 18.4. The smallest absolute Gasteiger partial charge is 0.308 e. The first-order valence-corrected chi connectivity index (χ1v) is 11.1. The molecule has 3 aromatic carbocycles. The maximum atomic E-state index is 13.0. The molecule has 10 nitrogen and oxygen atoms in total. The largest absolute Gasteiger partial charge is 0.493 e. The summed E-state index contributed by atoms with van der Waals surface area (Å²) in [6.45, 7) is 1.40. The molecular formula is C27H23N3O7. The first-order valence-electron chi connectivity index (χ1n) is 11.1. The third-order valence-electron chi connectivity index (χ3n) is 5.06. The summed E-state index contributed by atoms with van der Waals surface area (Å²) >= 11 is 0. The van der Waals surface area contributed by atoms with Gasteiger partial charge in [0.15, 0.2) is 23.0 Å². The summed E-state index contributed by atoms with van der Waals surface area (Å²) in [7, 11) is 1.44. The standard InChI is InChI=1S/C27H23N3O7/c1-17(31)37-23-11-9-19(14-24(23)34-2)15-28-30-27(33)21(29-26(32)20-6-4-3-5-7-20)12-18-8-10-22-25(13-18)36-16-35-22/h3-15H,16H2,1-2H3,(H,29,32)(H,30,33)/b21-12+,28-15+. The minimum Gasteiger partial charge on any atom is -0.493 e. The number of fused-ring (bicyclic) bond motifs is 1. The lowest BCUT2D eigenvalue weighted by Gasteiger charge is -2.10. The van der Waals surface area contributed by atoms with E-state index in [1.54, 1.807) is 66.7 Å². The Labute approximate surface area is 212 Å². The summed E-state index contributed by atoms with van der Waals surface area (Å²) < 4.78 is 21.0. The maximum absolute atomic E-state index is 13.0. The van der Waals surface area contributed by atoms with E-state index in [2.05, 4.69) is 15.8 Å². The second-order valence-corrected chi connectivity index (χ2v) is 7.69. The van der Waals surface area contributed by atoms with Crippen LogP contribution in [0.3, 0.4) is 0 Å². The Bertz CT molecular complexity index is 1380. The average molecular weight is 501 g/mol. The van der Waals surface area contributed by atoms with Crippen LogP contribution in [-0.2, 0) is 9.59 Å². The highest BCUT2D eigenvalue weighted by atomic mass is 16.7. The lowest BCUT2D eigenvalue weighted by atomic mass is 10.1. The number of amides is 2. The summed E-state index contributed by atoms with van der Waals surface area (Å²) in [4.78, 5) is 37.0. The highest BCUT2D eigenvalue weighted by Gasteiger charge is 2.17. The van der Waals surface area contributed by atoms with Gasteiger partial charge >= 0.3 is 5.97 Å². The number of nitrogens with one attached hydrogen (secondary N) is 2. The number of esters is 1. The number of carbonyl (C=O) groups is 3. The van der Waals surface area contributed by atoms with Crippen LogP contribution in [0.1, 0.15) is 28.4 Å². The molecule has 0 unspecified atom stereocenters. The van der Waals surface area contributed by atoms with Gasteiger partial charge in [-0.2, -0.15) is 5.10 Å². The number of rotatable bonds is 8. The van der Waals surface area contributed by atoms with E-state index in [0.29, 0.717) is 33.9 Å². The van der Waals surface area contributed by atoms with Crippen molar-refractivity contribution in [2.75, 3.05) is 13.9 Å². The van der Waals surface area contributed by atoms with Crippen molar-refractivity contribution in [3.05, 3.63) is 89.1 Å². The molecule has 0 atom stereocenters. The normalized spacial score (nSPS) is 12.2. The van der Waals surface area contributed by atoms with Crippen LogP contribution in [0, 0.1) is 0 Å². The van der Waals surface area contributed by atoms with E-state index in [9.17, 15) is 14.4 Å². The molecule has 0 aromatic heterocycles. The zero-order chi connectivity index (χ0) is 26.2. The third-order valence-corrected chi connectivity index (χ3v) is 5.06. The molecule has 188 valence electrons. The van der Waals surface area contributed by atoms with E-state index >= 15 is 0 Å². The van der Waals surface area contributed by atoms with Crippen LogP contribution in [0.15, 0.2) is 77.5 Å². The number of hydrazone groups is 1. The Morgan fingerprint density at radius 2 is 1.68 bits per heavy atom. The van der Waals surface area contributed by atoms with Crippen LogP contribution in [0.2, 0.25) is 0 Å². The van der Waals surface area contributed by atoms with Crippen molar-refractivity contribution >= 4 is 30.1 Å². The van der Waals surface area contributed by atoms with Gasteiger partial charge in [0, 0.05) is 12.5 Å². The minimum atomic E-state index is -0.651. The van der Waals surface area contributed by atoms with Crippen LogP contribution in [0.5, 0.6) is 23.0 Å². The lowest BCUT2D eigenvalue weighted by Crippen LogP contribution is -2.32. The van der Waals surface area contributed by atoms with Crippen LogP contribution in [0.4, 0.5) is 0 Å². The molecule has 4 rings (SSSR count). The number of methoxy groups -OCH3 is 1. The van der Waals surface area contributed by atoms with Gasteiger partial charge in [-0.25, -0.2) is 5.43 Å². The van der Waals surface area contributed by atoms with E-state index in [1.807, 2.05) is 0 Å². The SMILES string of the molecule is COc1cc(/C=N/NC(=O)/C(=C\c2ccc3c(c2)OCO3)NC(=O)c2ccccc2)ccc1OC(C)=O. The van der Waals surface area contributed by atoms with E-state index in [1.165, 1.54) is 26.3 Å². The number of hydrogen-bond acceptors (Lipinski definition) is 8. The Morgan fingerprint density at radius 1 is 0.919 bits per heavy atom. The van der Waals surface area contributed by atoms with Crippen molar-refractivity contribution in [1.82, 2.24) is 10.7 Å². The molecule has 1 aliphatic rings. The zero-order valence-corrected chi connectivity index (χ0v) is 20.0. The maximum Gasteiger partial charge on any atom is 0.308 e. The number of nitrogens with zero attached hydrogens (tertiary/aromatic N) is 1. The summed E-state index contributed by atoms with van der Waals surface area (Å²) in [5, 5.41) is 6.62. The molecule has 10 heteroatoms. The first kappa shape index (κ1) is 25.0. The highest BCUT2D eigenvalue weighted by Crippen LogP contribution is 2.33. The van der Waals surface area contributed by atoms with Gasteiger partial charge < -0.3 is 24.3 Å². The zero-order valence-electron chi connectivity index (χ0n) is 20.0. The highest BCUT2D eigenvalue weighted by molar-refractivity contribution is 6.05. The first-order chi connectivity index (χ1) is 17.9. The van der Waals surface area contributed by atoms with E-state index in [0.717, 1.165) is 0 Å². The molecule has 0 spiro atoms. The molecule has 0 aliphatic carbocycles. The minimum absolute atomic E-state index is 0.0346. The van der Waals surface area contributed by atoms with E-state index in [-0.39, 0.29) is 18.2 Å². The molecule has 2 amide bonds. The molecule has 1 aliphatic heterocycles. The van der Waals surface area contributed by atoms with Crippen molar-refractivity contribution in [2.24, 2.45) is 5.10 Å². The van der Waals surface area contributed by atoms with Crippen molar-refractivity contribution in [1.29, 1.82) is 0 Å². The van der Waals surface area contributed by atoms with Crippen molar-refractivity contribution in [3.63, 3.8) is 0 Å². The molecule has 0 saturated carbocycles. The predicted octanol–water partition coefficient (Wildman–Crippen LogP) is 3.27. The Hall–Kier alpha value is -5.12. The van der Waals surface area contributed by atoms with E-state index < -0.39 is 17.8 Å². The topological polar surface area (TPSA) is 125 Å². The average Bonchev–Trinajstić information content (AvgIpc) is 3.37. The van der Waals surface area contributed by atoms with Crippen LogP contribution >= 0.6 is 0 Å². The fourth-order valence-electron chi connectivity index (χ4n) is 3.34. The van der Waals surface area contributed by atoms with E-state index in [4.69, 9.17) is 18.9 Å². The van der Waals surface area contributed by atoms with Gasteiger partial charge in [0.2, 0.25) is 6.79 Å². The van der Waals surface area contributed by atoms with Gasteiger partial charge in [0.25, 0.3) is 11.8 Å². The summed E-state index contributed by atoms with van der Waals surface area (Å²) in [5.41, 5.74) is 3.94. The fourth-order valence-corrected chi connectivity index (χ4v) is 3.34. The number of ether oxygens (including phenoxy) is 4. The van der Waals surface area contributed by atoms with Crippen LogP contribution < -0.4 is 29.7 Å². The van der Waals surface area contributed by atoms with Gasteiger partial charge in [-0.05, 0) is 59.7 Å². The molecule has 0 radical (unpaired) electrons. The molecule has 37 heavy (non-hydrogen) atoms. The third kappa shape index (κ3) is 6.51. The van der Waals surface area contributed by atoms with Crippen LogP contribution in [0.25, 0.3) is 6.08 Å². The lowest BCUT2D eigenvalue weighted by molar-refractivity contribution is -0.132. The summed E-state index contributed by atoms with van der Waals surface area (Å²) in [6.07, 6.45) is 2.89. The number of carbonyl (C=O) groups excluding carboxylic acids is 3. The van der Waals surface area contributed by atoms with Gasteiger partial charge in [-0.15, -0.1) is 0 Å². The molecule has 0 fully saturated rings. The molecule has 1 heterocycles. The Balaban J connectivity index is 1.53. The second kappa shape index (κ2) is 11.5. The molecule has 2 N–H and O–H groups in total. The monoisotopic (exact) mass is 501 g/mol. The molecular weight excluding hydrogens is 478 g/mol. The Kier molecular flexibility index (Phi) is 7.79. The van der Waals surface area contributed by atoms with Crippen molar-refractivity contribution < 1.29 is 33.3 Å². The quantitative estimate of drug-likeness (QED) is 0.160. The number of hydrogen-bond donors (Lipinski definition) is 2.